The second-order valence-electron chi connectivity index (χ2n) is 6.92. The molecule has 9 nitrogen and oxygen atoms in total. The Bertz CT molecular complexity index is 1350. The topological polar surface area (TPSA) is 109 Å². The van der Waals surface area contributed by atoms with Gasteiger partial charge in [0, 0.05) is 12.8 Å². The highest BCUT2D eigenvalue weighted by Gasteiger charge is 2.38. The molecule has 0 aliphatic rings. The summed E-state index contributed by atoms with van der Waals surface area (Å²) in [6.45, 7) is 1.70. The number of benzene rings is 1. The van der Waals surface area contributed by atoms with E-state index < -0.39 is 23.6 Å². The molecule has 0 amide bonds. The van der Waals surface area contributed by atoms with Crippen molar-refractivity contribution in [3.05, 3.63) is 74.7 Å². The molecular weight excluding hydrogens is 468 g/mol. The van der Waals surface area contributed by atoms with Crippen molar-refractivity contribution < 1.29 is 26.9 Å². The van der Waals surface area contributed by atoms with Crippen molar-refractivity contribution in [2.45, 2.75) is 32.5 Å². The van der Waals surface area contributed by atoms with E-state index in [1.165, 1.54) is 39.8 Å². The average Bonchev–Trinajstić information content (AvgIpc) is 3.47. The van der Waals surface area contributed by atoms with Gasteiger partial charge < -0.3 is 4.52 Å². The van der Waals surface area contributed by atoms with Crippen LogP contribution >= 0.6 is 11.3 Å². The molecule has 0 bridgehead atoms. The van der Waals surface area contributed by atoms with Gasteiger partial charge >= 0.3 is 17.8 Å². The summed E-state index contributed by atoms with van der Waals surface area (Å²) in [5.41, 5.74) is 0.533. The fourth-order valence-electron chi connectivity index (χ4n) is 2.89. The number of aryl methyl sites for hydroxylation is 2. The summed E-state index contributed by atoms with van der Waals surface area (Å²) in [6, 6.07) is 5.62. The van der Waals surface area contributed by atoms with Gasteiger partial charge in [-0.25, -0.2) is 23.4 Å². The van der Waals surface area contributed by atoms with Crippen molar-refractivity contribution in [2.75, 3.05) is 0 Å². The highest BCUT2D eigenvalue weighted by molar-refractivity contribution is 7.16. The molecule has 0 atom stereocenters. The lowest BCUT2D eigenvalue weighted by Crippen LogP contribution is -2.24. The van der Waals surface area contributed by atoms with Gasteiger partial charge in [-0.15, -0.1) is 0 Å². The SMILES string of the molecule is Cc1nc(-n2cnn(Cc3ccc(F)cc3)c2=O)sc1C(=O)CCc1noc(C(F)(F)F)n1. The van der Waals surface area contributed by atoms with Crippen LogP contribution in [-0.2, 0) is 19.1 Å². The molecule has 0 saturated heterocycles. The summed E-state index contributed by atoms with van der Waals surface area (Å²) < 4.78 is 57.1. The van der Waals surface area contributed by atoms with E-state index in [0.29, 0.717) is 11.3 Å². The highest BCUT2D eigenvalue weighted by Crippen LogP contribution is 2.28. The number of carbonyl (C=O) groups excluding carboxylic acids is 1. The van der Waals surface area contributed by atoms with Gasteiger partial charge in [0.15, 0.2) is 16.7 Å². The van der Waals surface area contributed by atoms with E-state index in [9.17, 15) is 27.2 Å². The molecule has 4 rings (SSSR count). The summed E-state index contributed by atoms with van der Waals surface area (Å²) in [7, 11) is 0. The minimum atomic E-state index is -4.76. The zero-order valence-corrected chi connectivity index (χ0v) is 17.7. The van der Waals surface area contributed by atoms with E-state index in [4.69, 9.17) is 0 Å². The van der Waals surface area contributed by atoms with Gasteiger partial charge in [0.1, 0.15) is 12.1 Å². The Hall–Kier alpha value is -3.68. The lowest BCUT2D eigenvalue weighted by atomic mass is 10.1. The van der Waals surface area contributed by atoms with E-state index in [0.717, 1.165) is 11.3 Å². The van der Waals surface area contributed by atoms with E-state index in [2.05, 4.69) is 24.7 Å². The number of Topliss-reactive ketones (excluding diaryl/α,β-unsaturated/α-hetero) is 1. The number of ketones is 1. The van der Waals surface area contributed by atoms with Gasteiger partial charge in [-0.2, -0.15) is 23.3 Å². The number of alkyl halides is 3. The number of halogens is 4. The number of thiazole rings is 1. The van der Waals surface area contributed by atoms with Gasteiger partial charge in [-0.05, 0) is 24.6 Å². The van der Waals surface area contributed by atoms with Crippen molar-refractivity contribution >= 4 is 17.1 Å². The van der Waals surface area contributed by atoms with Gasteiger partial charge in [0.05, 0.1) is 17.1 Å². The second kappa shape index (κ2) is 8.69. The van der Waals surface area contributed by atoms with Crippen LogP contribution in [0.3, 0.4) is 0 Å². The van der Waals surface area contributed by atoms with Crippen LogP contribution in [0.1, 0.15) is 39.1 Å². The molecule has 0 N–H and O–H groups in total. The van der Waals surface area contributed by atoms with Crippen molar-refractivity contribution in [1.29, 1.82) is 0 Å². The fourth-order valence-corrected chi connectivity index (χ4v) is 3.89. The molecule has 0 saturated carbocycles. The lowest BCUT2D eigenvalue weighted by Gasteiger charge is -2.00. The maximum absolute atomic E-state index is 13.1. The Morgan fingerprint density at radius 1 is 1.18 bits per heavy atom. The largest absolute Gasteiger partial charge is 0.471 e. The average molecular weight is 482 g/mol. The molecule has 0 fully saturated rings. The lowest BCUT2D eigenvalue weighted by molar-refractivity contribution is -0.159. The zero-order chi connectivity index (χ0) is 23.8. The third-order valence-electron chi connectivity index (χ3n) is 4.51. The third kappa shape index (κ3) is 4.89. The molecule has 1 aromatic carbocycles. The summed E-state index contributed by atoms with van der Waals surface area (Å²) in [5.74, 6) is -2.50. The normalized spacial score (nSPS) is 11.8. The van der Waals surface area contributed by atoms with E-state index >= 15 is 0 Å². The molecule has 3 heterocycles. The third-order valence-corrected chi connectivity index (χ3v) is 5.71. The first-order chi connectivity index (χ1) is 15.6. The Balaban J connectivity index is 1.47. The molecule has 0 radical (unpaired) electrons. The van der Waals surface area contributed by atoms with Crippen LogP contribution in [0.4, 0.5) is 17.6 Å². The maximum Gasteiger partial charge on any atom is 0.471 e. The zero-order valence-electron chi connectivity index (χ0n) is 16.8. The summed E-state index contributed by atoms with van der Waals surface area (Å²) in [4.78, 5) is 33.0. The first kappa shape index (κ1) is 22.5. The molecule has 3 aromatic heterocycles. The quantitative estimate of drug-likeness (QED) is 0.294. The fraction of sp³-hybridized carbons (Fsp3) is 0.263. The Kier molecular flexibility index (Phi) is 5.93. The number of nitrogens with zero attached hydrogens (tertiary/aromatic N) is 6. The summed E-state index contributed by atoms with van der Waals surface area (Å²) in [6.07, 6.45) is -3.82. The van der Waals surface area contributed by atoms with E-state index in [-0.39, 0.29) is 41.0 Å². The van der Waals surface area contributed by atoms with Crippen molar-refractivity contribution in [3.8, 4) is 5.13 Å². The number of carbonyl (C=O) groups is 1. The van der Waals surface area contributed by atoms with Crippen LogP contribution in [0.25, 0.3) is 5.13 Å². The summed E-state index contributed by atoms with van der Waals surface area (Å²) >= 11 is 0.956. The van der Waals surface area contributed by atoms with Crippen LogP contribution < -0.4 is 5.69 Å². The van der Waals surface area contributed by atoms with Crippen molar-refractivity contribution in [2.24, 2.45) is 0 Å². The Labute approximate surface area is 186 Å². The standard InChI is InChI=1S/C19H14F4N6O3S/c1-10-15(13(30)6-7-14-26-16(32-27-14)19(21,22)23)33-17(25-10)28-9-24-29(18(28)31)8-11-2-4-12(20)5-3-11/h2-5,9H,6-8H2,1H3. The molecule has 4 aromatic rings. The predicted molar refractivity (Wildman–Crippen MR) is 106 cm³/mol. The molecule has 0 unspecified atom stereocenters. The molecule has 14 heteroatoms. The highest BCUT2D eigenvalue weighted by atomic mass is 32.1. The van der Waals surface area contributed by atoms with Gasteiger partial charge in [-0.3, -0.25) is 4.79 Å². The number of rotatable bonds is 7. The number of hydrogen-bond donors (Lipinski definition) is 0. The van der Waals surface area contributed by atoms with Crippen LogP contribution in [0, 0.1) is 12.7 Å². The van der Waals surface area contributed by atoms with Gasteiger partial charge in [-0.1, -0.05) is 28.6 Å². The van der Waals surface area contributed by atoms with E-state index in [1.807, 2.05) is 0 Å². The van der Waals surface area contributed by atoms with Crippen molar-refractivity contribution in [3.63, 3.8) is 0 Å². The maximum atomic E-state index is 13.1. The van der Waals surface area contributed by atoms with Crippen LogP contribution in [0.5, 0.6) is 0 Å². The monoisotopic (exact) mass is 482 g/mol. The Morgan fingerprint density at radius 2 is 1.91 bits per heavy atom. The van der Waals surface area contributed by atoms with Gasteiger partial charge in [0.25, 0.3) is 0 Å². The smallest absolute Gasteiger partial charge is 0.329 e. The minimum absolute atomic E-state index is 0.118. The molecule has 0 aliphatic heterocycles. The van der Waals surface area contributed by atoms with Crippen LogP contribution in [-0.4, -0.2) is 35.3 Å². The molecule has 0 aliphatic carbocycles. The van der Waals surface area contributed by atoms with Crippen molar-refractivity contribution in [1.82, 2.24) is 29.5 Å². The predicted octanol–water partition coefficient (Wildman–Crippen LogP) is 3.20. The minimum Gasteiger partial charge on any atom is -0.329 e. The molecule has 33 heavy (non-hydrogen) atoms. The van der Waals surface area contributed by atoms with Crippen LogP contribution in [0.15, 0.2) is 39.9 Å². The Morgan fingerprint density at radius 3 is 2.58 bits per heavy atom. The molecule has 0 spiro atoms. The number of aromatic nitrogens is 6. The van der Waals surface area contributed by atoms with E-state index in [1.54, 1.807) is 6.92 Å². The summed E-state index contributed by atoms with van der Waals surface area (Å²) in [5, 5.41) is 7.47. The first-order valence-electron chi connectivity index (χ1n) is 9.41. The molecular formula is C19H14F4N6O3S. The molecule has 172 valence electrons. The number of hydrogen-bond acceptors (Lipinski definition) is 8. The first-order valence-corrected chi connectivity index (χ1v) is 10.2. The van der Waals surface area contributed by atoms with Gasteiger partial charge in [0.2, 0.25) is 0 Å². The second-order valence-corrected chi connectivity index (χ2v) is 7.89. The van der Waals surface area contributed by atoms with Crippen LogP contribution in [0.2, 0.25) is 0 Å².